The molecule has 0 bridgehead atoms. The Morgan fingerprint density at radius 1 is 1.39 bits per heavy atom. The molecule has 1 aliphatic heterocycles. The van der Waals surface area contributed by atoms with Crippen molar-refractivity contribution < 1.29 is 4.74 Å². The summed E-state index contributed by atoms with van der Waals surface area (Å²) >= 11 is 0. The summed E-state index contributed by atoms with van der Waals surface area (Å²) in [4.78, 5) is 2.60. The average Bonchev–Trinajstić information content (AvgIpc) is 2.51. The number of ether oxygens (including phenoxy) is 1. The zero-order valence-corrected chi connectivity index (χ0v) is 12.8. The highest BCUT2D eigenvalue weighted by atomic mass is 16.5. The molecule has 0 spiro atoms. The number of nitrogens with zero attached hydrogens (tertiary/aromatic N) is 1. The average molecular weight is 256 g/mol. The fourth-order valence-electron chi connectivity index (χ4n) is 2.46. The summed E-state index contributed by atoms with van der Waals surface area (Å²) in [6.07, 6.45) is 3.63. The van der Waals surface area contributed by atoms with E-state index < -0.39 is 0 Å². The molecule has 1 rings (SSSR count). The van der Waals surface area contributed by atoms with E-state index in [2.05, 4.69) is 37.9 Å². The van der Waals surface area contributed by atoms with Crippen LogP contribution >= 0.6 is 0 Å². The van der Waals surface area contributed by atoms with Gasteiger partial charge in [0.05, 0.1) is 0 Å². The second-order valence-electron chi connectivity index (χ2n) is 6.29. The minimum Gasteiger partial charge on any atom is -0.381 e. The topological polar surface area (TPSA) is 24.5 Å². The second kappa shape index (κ2) is 8.13. The first-order chi connectivity index (χ1) is 8.56. The number of hydrogen-bond acceptors (Lipinski definition) is 3. The highest BCUT2D eigenvalue weighted by molar-refractivity contribution is 4.87. The van der Waals surface area contributed by atoms with Crippen LogP contribution in [0, 0.1) is 5.92 Å². The van der Waals surface area contributed by atoms with E-state index in [0.717, 1.165) is 26.2 Å². The molecule has 0 amide bonds. The van der Waals surface area contributed by atoms with Crippen LogP contribution in [-0.2, 0) is 4.74 Å². The summed E-state index contributed by atoms with van der Waals surface area (Å²) in [5.41, 5.74) is 0.301. The zero-order chi connectivity index (χ0) is 13.4. The summed E-state index contributed by atoms with van der Waals surface area (Å²) in [6.45, 7) is 15.6. The molecule has 1 unspecified atom stereocenters. The van der Waals surface area contributed by atoms with Crippen molar-refractivity contribution in [1.82, 2.24) is 10.2 Å². The first-order valence-corrected chi connectivity index (χ1v) is 7.61. The van der Waals surface area contributed by atoms with Gasteiger partial charge in [-0.1, -0.05) is 20.8 Å². The van der Waals surface area contributed by atoms with Crippen molar-refractivity contribution in [3.63, 3.8) is 0 Å². The quantitative estimate of drug-likeness (QED) is 0.708. The van der Waals surface area contributed by atoms with E-state index in [0.29, 0.717) is 11.5 Å². The van der Waals surface area contributed by atoms with E-state index in [9.17, 15) is 0 Å². The Morgan fingerprint density at radius 3 is 2.83 bits per heavy atom. The molecule has 108 valence electrons. The smallest absolute Gasteiger partial charge is 0.0489 e. The molecule has 3 heteroatoms. The van der Waals surface area contributed by atoms with Crippen molar-refractivity contribution in [2.24, 2.45) is 5.92 Å². The molecule has 1 heterocycles. The van der Waals surface area contributed by atoms with Crippen LogP contribution in [0.25, 0.3) is 0 Å². The van der Waals surface area contributed by atoms with Crippen LogP contribution in [0.4, 0.5) is 0 Å². The normalized spacial score (nSPS) is 26.5. The van der Waals surface area contributed by atoms with Crippen molar-refractivity contribution in [2.45, 2.75) is 52.5 Å². The van der Waals surface area contributed by atoms with E-state index >= 15 is 0 Å². The first-order valence-electron chi connectivity index (χ1n) is 7.61. The molecule has 3 nitrogen and oxygen atoms in total. The van der Waals surface area contributed by atoms with Crippen LogP contribution in [-0.4, -0.2) is 49.8 Å². The second-order valence-corrected chi connectivity index (χ2v) is 6.29. The van der Waals surface area contributed by atoms with E-state index in [1.54, 1.807) is 0 Å². The molecule has 1 fully saturated rings. The Hall–Kier alpha value is -0.120. The van der Waals surface area contributed by atoms with Crippen LogP contribution in [0.1, 0.15) is 47.0 Å². The van der Waals surface area contributed by atoms with Gasteiger partial charge in [-0.2, -0.15) is 0 Å². The van der Waals surface area contributed by atoms with Gasteiger partial charge in [0.25, 0.3) is 0 Å². The first kappa shape index (κ1) is 15.9. The van der Waals surface area contributed by atoms with Crippen LogP contribution in [0.3, 0.4) is 0 Å². The van der Waals surface area contributed by atoms with Crippen molar-refractivity contribution in [2.75, 3.05) is 39.4 Å². The predicted octanol–water partition coefficient (Wildman–Crippen LogP) is 2.51. The Balaban J connectivity index is 2.20. The lowest BCUT2D eigenvalue weighted by Gasteiger charge is -2.32. The van der Waals surface area contributed by atoms with Crippen LogP contribution in [0.15, 0.2) is 0 Å². The molecular weight excluding hydrogens is 224 g/mol. The SMILES string of the molecule is CCC1(C)CN(CCCOCC(C)C)CCCN1. The van der Waals surface area contributed by atoms with Gasteiger partial charge < -0.3 is 15.0 Å². The van der Waals surface area contributed by atoms with Gasteiger partial charge >= 0.3 is 0 Å². The summed E-state index contributed by atoms with van der Waals surface area (Å²) < 4.78 is 5.65. The maximum atomic E-state index is 5.65. The Labute approximate surface area is 113 Å². The Morgan fingerprint density at radius 2 is 2.17 bits per heavy atom. The lowest BCUT2D eigenvalue weighted by atomic mass is 9.98. The van der Waals surface area contributed by atoms with Crippen molar-refractivity contribution >= 4 is 0 Å². The lowest BCUT2D eigenvalue weighted by Crippen LogP contribution is -2.48. The molecule has 0 aromatic carbocycles. The van der Waals surface area contributed by atoms with Crippen molar-refractivity contribution in [3.05, 3.63) is 0 Å². The highest BCUT2D eigenvalue weighted by Gasteiger charge is 2.26. The highest BCUT2D eigenvalue weighted by Crippen LogP contribution is 2.15. The van der Waals surface area contributed by atoms with Gasteiger partial charge in [-0.25, -0.2) is 0 Å². The molecular formula is C15H32N2O. The number of nitrogens with one attached hydrogen (secondary N) is 1. The maximum Gasteiger partial charge on any atom is 0.0489 e. The number of rotatable bonds is 7. The van der Waals surface area contributed by atoms with Crippen LogP contribution in [0.2, 0.25) is 0 Å². The maximum absolute atomic E-state index is 5.65. The fraction of sp³-hybridized carbons (Fsp3) is 1.00. The predicted molar refractivity (Wildman–Crippen MR) is 78.0 cm³/mol. The Kier molecular flexibility index (Phi) is 7.20. The molecule has 1 saturated heterocycles. The zero-order valence-electron chi connectivity index (χ0n) is 12.8. The standard InChI is InChI=1S/C15H32N2O/c1-5-15(4)13-17(9-6-8-16-15)10-7-11-18-12-14(2)3/h14,16H,5-13H2,1-4H3. The van der Waals surface area contributed by atoms with Crippen LogP contribution < -0.4 is 5.32 Å². The van der Waals surface area contributed by atoms with Gasteiger partial charge in [-0.05, 0) is 45.2 Å². The molecule has 18 heavy (non-hydrogen) atoms. The molecule has 0 aromatic rings. The largest absolute Gasteiger partial charge is 0.381 e. The lowest BCUT2D eigenvalue weighted by molar-refractivity contribution is 0.0969. The van der Waals surface area contributed by atoms with E-state index in [1.165, 1.54) is 32.5 Å². The minimum atomic E-state index is 0.301. The van der Waals surface area contributed by atoms with Gasteiger partial charge in [-0.3, -0.25) is 0 Å². The molecule has 0 saturated carbocycles. The van der Waals surface area contributed by atoms with E-state index in [1.807, 2.05) is 0 Å². The van der Waals surface area contributed by atoms with E-state index in [4.69, 9.17) is 4.74 Å². The summed E-state index contributed by atoms with van der Waals surface area (Å²) in [5.74, 6) is 0.649. The van der Waals surface area contributed by atoms with Gasteiger partial charge in [0, 0.05) is 31.8 Å². The minimum absolute atomic E-state index is 0.301. The monoisotopic (exact) mass is 256 g/mol. The Bertz CT molecular complexity index is 221. The molecule has 1 N–H and O–H groups in total. The molecule has 1 aliphatic rings. The molecule has 0 aromatic heterocycles. The van der Waals surface area contributed by atoms with Crippen molar-refractivity contribution in [1.29, 1.82) is 0 Å². The molecule has 1 atom stereocenters. The third-order valence-electron chi connectivity index (χ3n) is 3.77. The molecule has 0 radical (unpaired) electrons. The third-order valence-corrected chi connectivity index (χ3v) is 3.77. The van der Waals surface area contributed by atoms with Gasteiger partial charge in [-0.15, -0.1) is 0 Å². The van der Waals surface area contributed by atoms with Crippen LogP contribution in [0.5, 0.6) is 0 Å². The van der Waals surface area contributed by atoms with Gasteiger partial charge in [0.1, 0.15) is 0 Å². The summed E-state index contributed by atoms with van der Waals surface area (Å²) in [6, 6.07) is 0. The molecule has 0 aliphatic carbocycles. The van der Waals surface area contributed by atoms with Gasteiger partial charge in [0.2, 0.25) is 0 Å². The third kappa shape index (κ3) is 6.17. The summed E-state index contributed by atoms with van der Waals surface area (Å²) in [5, 5.41) is 3.68. The van der Waals surface area contributed by atoms with E-state index in [-0.39, 0.29) is 0 Å². The van der Waals surface area contributed by atoms with Crippen molar-refractivity contribution in [3.8, 4) is 0 Å². The number of hydrogen-bond donors (Lipinski definition) is 1. The van der Waals surface area contributed by atoms with Gasteiger partial charge in [0.15, 0.2) is 0 Å². The fourth-order valence-corrected chi connectivity index (χ4v) is 2.46. The summed E-state index contributed by atoms with van der Waals surface area (Å²) in [7, 11) is 0.